The van der Waals surface area contributed by atoms with Crippen molar-refractivity contribution in [1.82, 2.24) is 4.98 Å². The summed E-state index contributed by atoms with van der Waals surface area (Å²) in [5.41, 5.74) is 0. The fourth-order valence-electron chi connectivity index (χ4n) is 1.86. The van der Waals surface area contributed by atoms with Gasteiger partial charge in [-0.1, -0.05) is 11.6 Å². The van der Waals surface area contributed by atoms with Crippen LogP contribution in [0.15, 0.2) is 36.5 Å². The third kappa shape index (κ3) is 6.81. The zero-order valence-electron chi connectivity index (χ0n) is 13.7. The molecule has 0 bridgehead atoms. The number of aromatic nitrogens is 2. The highest BCUT2D eigenvalue weighted by Crippen LogP contribution is 2.24. The van der Waals surface area contributed by atoms with Gasteiger partial charge in [-0.3, -0.25) is 0 Å². The predicted molar refractivity (Wildman–Crippen MR) is 101 cm³/mol. The summed E-state index contributed by atoms with van der Waals surface area (Å²) in [5, 5.41) is 0. The maximum absolute atomic E-state index is 12.1. The van der Waals surface area contributed by atoms with Crippen LogP contribution in [0.5, 0.6) is 0 Å². The lowest BCUT2D eigenvalue weighted by Crippen LogP contribution is -2.27. The zero-order chi connectivity index (χ0) is 20.0. The number of nitrogens with one attached hydrogen (secondary N) is 1. The summed E-state index contributed by atoms with van der Waals surface area (Å²) >= 11 is 9.30. The van der Waals surface area contributed by atoms with E-state index in [1.165, 1.54) is 18.3 Å². The summed E-state index contributed by atoms with van der Waals surface area (Å²) < 4.78 is 46.8. The molecule has 0 radical (unpaired) electrons. The van der Waals surface area contributed by atoms with Crippen LogP contribution in [0.1, 0.15) is 11.8 Å². The van der Waals surface area contributed by atoms with E-state index in [2.05, 4.69) is 37.3 Å². The van der Waals surface area contributed by atoms with E-state index < -0.39 is 18.9 Å². The zero-order valence-corrected chi connectivity index (χ0v) is 17.4. The maximum atomic E-state index is 12.1. The van der Waals surface area contributed by atoms with Crippen LogP contribution in [0, 0.1) is 3.57 Å². The minimum atomic E-state index is -5.06. The lowest BCUT2D eigenvalue weighted by atomic mass is 10.4. The molecule has 2 aromatic heterocycles. The van der Waals surface area contributed by atoms with Crippen molar-refractivity contribution in [3.05, 3.63) is 49.4 Å². The van der Waals surface area contributed by atoms with E-state index >= 15 is 0 Å². The number of nitrogens with zero attached hydrogens (tertiary/aromatic N) is 2. The predicted octanol–water partition coefficient (Wildman–Crippen LogP) is 4.16. The van der Waals surface area contributed by atoms with Crippen LogP contribution in [-0.4, -0.2) is 23.9 Å². The number of anilines is 1. The molecule has 0 atom stereocenters. The molecular formula is C15H13ClF3IN3O3S+. The van der Waals surface area contributed by atoms with E-state index in [4.69, 9.17) is 16.3 Å². The van der Waals surface area contributed by atoms with E-state index in [1.54, 1.807) is 23.5 Å². The standard InChI is InChI=1S/C15H12ClF3IN3O3S/c1-9(25-8-26-13(24)15(17,18)19)6-23(7-10-5-22-14(16)27-10)12-11(20)3-2-4-21-12/h2-6H,7-8H2,1H3/p+1/b9-6+. The first kappa shape index (κ1) is 21.7. The van der Waals surface area contributed by atoms with Gasteiger partial charge in [0.05, 0.1) is 11.1 Å². The quantitative estimate of drug-likeness (QED) is 0.231. The summed E-state index contributed by atoms with van der Waals surface area (Å²) in [7, 11) is 0. The Morgan fingerprint density at radius 3 is 2.81 bits per heavy atom. The Bertz CT molecular complexity index is 832. The van der Waals surface area contributed by atoms with Gasteiger partial charge in [-0.15, -0.1) is 11.3 Å². The van der Waals surface area contributed by atoms with Crippen molar-refractivity contribution in [1.29, 1.82) is 0 Å². The number of H-pyrrole nitrogens is 1. The number of alkyl halides is 3. The summed E-state index contributed by atoms with van der Waals surface area (Å²) in [5.74, 6) is -1.33. The summed E-state index contributed by atoms with van der Waals surface area (Å²) in [6.07, 6.45) is -0.124. The number of allylic oxidation sites excluding steroid dienone is 1. The molecule has 0 amide bonds. The molecule has 0 saturated carbocycles. The van der Waals surface area contributed by atoms with Crippen molar-refractivity contribution < 1.29 is 32.4 Å². The Kier molecular flexibility index (Phi) is 7.68. The minimum absolute atomic E-state index is 0.244. The van der Waals surface area contributed by atoms with Crippen molar-refractivity contribution in [2.75, 3.05) is 11.7 Å². The molecule has 2 rings (SSSR count). The number of aromatic amines is 1. The number of carbonyl (C=O) groups is 1. The van der Waals surface area contributed by atoms with Crippen molar-refractivity contribution in [3.63, 3.8) is 0 Å². The SMILES string of the molecule is C/C(=C\N(Cc1cnc(Cl)s1)c1[nH+]cccc1I)OCOC(=O)C(F)(F)F. The van der Waals surface area contributed by atoms with Crippen LogP contribution in [-0.2, 0) is 20.8 Å². The first-order chi connectivity index (χ1) is 12.7. The monoisotopic (exact) mass is 534 g/mol. The molecule has 0 aromatic carbocycles. The Hall–Kier alpha value is -1.60. The third-order valence-electron chi connectivity index (χ3n) is 2.97. The molecule has 0 aliphatic rings. The first-order valence-electron chi connectivity index (χ1n) is 7.25. The van der Waals surface area contributed by atoms with Gasteiger partial charge in [0.25, 0.3) is 5.82 Å². The first-order valence-corrected chi connectivity index (χ1v) is 9.52. The Labute approximate surface area is 175 Å². The highest BCUT2D eigenvalue weighted by atomic mass is 127. The smallest absolute Gasteiger partial charge is 0.458 e. The van der Waals surface area contributed by atoms with E-state index in [0.717, 1.165) is 14.3 Å². The van der Waals surface area contributed by atoms with Gasteiger partial charge < -0.3 is 9.47 Å². The molecule has 0 spiro atoms. The average molecular weight is 535 g/mol. The number of ether oxygens (including phenoxy) is 2. The molecule has 6 nitrogen and oxygen atoms in total. The third-order valence-corrected chi connectivity index (χ3v) is 4.94. The van der Waals surface area contributed by atoms with Crippen LogP contribution in [0.4, 0.5) is 19.0 Å². The van der Waals surface area contributed by atoms with E-state index in [-0.39, 0.29) is 5.76 Å². The molecule has 146 valence electrons. The van der Waals surface area contributed by atoms with Gasteiger partial charge in [-0.25, -0.2) is 19.7 Å². The molecule has 2 heterocycles. The minimum Gasteiger partial charge on any atom is -0.458 e. The van der Waals surface area contributed by atoms with Gasteiger partial charge in [-0.05, 0) is 41.6 Å². The molecular weight excluding hydrogens is 522 g/mol. The van der Waals surface area contributed by atoms with E-state index in [9.17, 15) is 18.0 Å². The summed E-state index contributed by atoms with van der Waals surface area (Å²) in [4.78, 5) is 20.4. The number of hydrogen-bond donors (Lipinski definition) is 0. The molecule has 0 aliphatic heterocycles. The summed E-state index contributed by atoms with van der Waals surface area (Å²) in [6, 6.07) is 3.71. The van der Waals surface area contributed by atoms with Crippen molar-refractivity contribution in [2.24, 2.45) is 0 Å². The summed E-state index contributed by atoms with van der Waals surface area (Å²) in [6.45, 7) is 1.07. The number of pyridine rings is 1. The molecule has 0 aliphatic carbocycles. The van der Waals surface area contributed by atoms with Gasteiger partial charge in [-0.2, -0.15) is 13.2 Å². The molecule has 0 saturated heterocycles. The van der Waals surface area contributed by atoms with Gasteiger partial charge in [0.1, 0.15) is 22.1 Å². The highest BCUT2D eigenvalue weighted by Gasteiger charge is 2.41. The second-order valence-electron chi connectivity index (χ2n) is 5.01. The van der Waals surface area contributed by atoms with Crippen molar-refractivity contribution in [3.8, 4) is 0 Å². The van der Waals surface area contributed by atoms with Crippen LogP contribution < -0.4 is 9.88 Å². The van der Waals surface area contributed by atoms with Crippen LogP contribution in [0.3, 0.4) is 0 Å². The normalized spacial score (nSPS) is 12.0. The molecule has 27 heavy (non-hydrogen) atoms. The average Bonchev–Trinajstić information content (AvgIpc) is 2.98. The molecule has 2 aromatic rings. The van der Waals surface area contributed by atoms with Crippen LogP contribution >= 0.6 is 45.5 Å². The largest absolute Gasteiger partial charge is 0.491 e. The molecule has 0 fully saturated rings. The Morgan fingerprint density at radius 2 is 2.22 bits per heavy atom. The second-order valence-corrected chi connectivity index (χ2v) is 7.87. The number of halogens is 5. The van der Waals surface area contributed by atoms with Crippen molar-refractivity contribution >= 4 is 57.3 Å². The fraction of sp³-hybridized carbons (Fsp3) is 0.267. The van der Waals surface area contributed by atoms with Gasteiger partial charge >= 0.3 is 12.1 Å². The Morgan fingerprint density at radius 1 is 1.48 bits per heavy atom. The lowest BCUT2D eigenvalue weighted by molar-refractivity contribution is -0.364. The lowest BCUT2D eigenvalue weighted by Gasteiger charge is -2.14. The topological polar surface area (TPSA) is 65.8 Å². The number of thiazole rings is 1. The van der Waals surface area contributed by atoms with E-state index in [0.29, 0.717) is 11.0 Å². The molecule has 1 N–H and O–H groups in total. The second kappa shape index (κ2) is 9.55. The van der Waals surface area contributed by atoms with Crippen LogP contribution in [0.25, 0.3) is 0 Å². The fourth-order valence-corrected chi connectivity index (χ4v) is 3.51. The number of carbonyl (C=O) groups excluding carboxylic acids is 1. The number of rotatable bonds is 7. The Balaban J connectivity index is 2.11. The maximum Gasteiger partial charge on any atom is 0.491 e. The molecule has 12 heteroatoms. The van der Waals surface area contributed by atoms with E-state index in [1.807, 2.05) is 12.1 Å². The van der Waals surface area contributed by atoms with Gasteiger partial charge in [0.2, 0.25) is 6.79 Å². The van der Waals surface area contributed by atoms with Gasteiger partial charge in [0, 0.05) is 6.20 Å². The van der Waals surface area contributed by atoms with Crippen LogP contribution in [0.2, 0.25) is 4.47 Å². The van der Waals surface area contributed by atoms with Crippen molar-refractivity contribution in [2.45, 2.75) is 19.6 Å². The molecule has 0 unspecified atom stereocenters. The number of hydrogen-bond acceptors (Lipinski definition) is 6. The highest BCUT2D eigenvalue weighted by molar-refractivity contribution is 14.1. The van der Waals surface area contributed by atoms with Gasteiger partial charge in [0.15, 0.2) is 4.47 Å². The number of esters is 1.